The van der Waals surface area contributed by atoms with Gasteiger partial charge in [0.2, 0.25) is 17.8 Å². The molecule has 1 N–H and O–H groups in total. The first kappa shape index (κ1) is 14.8. The van der Waals surface area contributed by atoms with Crippen LogP contribution in [0, 0.1) is 6.92 Å². The van der Waals surface area contributed by atoms with Crippen molar-refractivity contribution in [3.8, 4) is 0 Å². The topological polar surface area (TPSA) is 41.2 Å². The molecule has 5 heteroatoms. The first-order valence-corrected chi connectivity index (χ1v) is 6.26. The Hall–Kier alpha value is -1.23. The summed E-state index contributed by atoms with van der Waals surface area (Å²) in [5, 5.41) is 9.10. The summed E-state index contributed by atoms with van der Waals surface area (Å²) >= 11 is 1.47. The predicted molar refractivity (Wildman–Crippen MR) is 65.9 cm³/mol. The summed E-state index contributed by atoms with van der Waals surface area (Å²) in [6, 6.07) is 9.24. The Morgan fingerprint density at radius 3 is 2.56 bits per heavy atom. The Morgan fingerprint density at radius 2 is 2.00 bits per heavy atom. The molecule has 18 heavy (non-hydrogen) atoms. The lowest BCUT2D eigenvalue weighted by atomic mass is 10.1. The maximum Gasteiger partial charge on any atom is 0.227 e. The molecule has 0 saturated carbocycles. The van der Waals surface area contributed by atoms with Crippen molar-refractivity contribution in [2.45, 2.75) is 20.1 Å². The highest BCUT2D eigenvalue weighted by Crippen LogP contribution is 2.10. The SMILES string of the molecule is Cc1c(CO)sc[n+]1CC(=O)c1ccccc1.[Cl-]. The zero-order valence-electron chi connectivity index (χ0n) is 9.97. The number of hydrogen-bond donors (Lipinski definition) is 1. The monoisotopic (exact) mass is 283 g/mol. The fourth-order valence-electron chi connectivity index (χ4n) is 1.63. The number of rotatable bonds is 4. The summed E-state index contributed by atoms with van der Waals surface area (Å²) in [6.45, 7) is 2.27. The molecule has 0 bridgehead atoms. The van der Waals surface area contributed by atoms with Gasteiger partial charge in [-0.25, -0.2) is 0 Å². The van der Waals surface area contributed by atoms with Gasteiger partial charge < -0.3 is 17.5 Å². The molecule has 3 nitrogen and oxygen atoms in total. The lowest BCUT2D eigenvalue weighted by Gasteiger charge is -1.97. The van der Waals surface area contributed by atoms with Crippen LogP contribution >= 0.6 is 11.3 Å². The summed E-state index contributed by atoms with van der Waals surface area (Å²) < 4.78 is 1.88. The van der Waals surface area contributed by atoms with Crippen molar-refractivity contribution in [3.63, 3.8) is 0 Å². The van der Waals surface area contributed by atoms with E-state index < -0.39 is 0 Å². The molecule has 0 saturated heterocycles. The molecule has 1 heterocycles. The van der Waals surface area contributed by atoms with E-state index in [1.54, 1.807) is 0 Å². The summed E-state index contributed by atoms with van der Waals surface area (Å²) in [5.74, 6) is 0.0842. The van der Waals surface area contributed by atoms with E-state index in [1.165, 1.54) is 11.3 Å². The number of nitrogens with zero attached hydrogens (tertiary/aromatic N) is 1. The van der Waals surface area contributed by atoms with Gasteiger partial charge in [-0.1, -0.05) is 41.7 Å². The summed E-state index contributed by atoms with van der Waals surface area (Å²) in [6.07, 6.45) is 0. The van der Waals surface area contributed by atoms with Gasteiger partial charge in [0, 0.05) is 12.5 Å². The molecule has 0 amide bonds. The van der Waals surface area contributed by atoms with E-state index in [0.717, 1.165) is 16.1 Å². The third-order valence-corrected chi connectivity index (χ3v) is 3.78. The van der Waals surface area contributed by atoms with Crippen LogP contribution in [-0.4, -0.2) is 10.9 Å². The zero-order chi connectivity index (χ0) is 12.3. The molecule has 1 aromatic carbocycles. The fourth-order valence-corrected chi connectivity index (χ4v) is 2.48. The zero-order valence-corrected chi connectivity index (χ0v) is 11.5. The number of carbonyl (C=O) groups is 1. The molecule has 0 spiro atoms. The van der Waals surface area contributed by atoms with Crippen LogP contribution in [0.5, 0.6) is 0 Å². The van der Waals surface area contributed by atoms with E-state index in [-0.39, 0.29) is 24.8 Å². The number of Topliss-reactive ketones (excluding diaryl/α,β-unsaturated/α-hetero) is 1. The van der Waals surface area contributed by atoms with Crippen LogP contribution in [-0.2, 0) is 13.2 Å². The van der Waals surface area contributed by atoms with Crippen molar-refractivity contribution in [3.05, 3.63) is 52.0 Å². The van der Waals surface area contributed by atoms with E-state index in [2.05, 4.69) is 0 Å². The van der Waals surface area contributed by atoms with E-state index in [1.807, 2.05) is 47.3 Å². The van der Waals surface area contributed by atoms with Crippen molar-refractivity contribution < 1.29 is 26.9 Å². The molecule has 2 rings (SSSR count). The molecule has 96 valence electrons. The average molecular weight is 284 g/mol. The number of carbonyl (C=O) groups excluding carboxylic acids is 1. The van der Waals surface area contributed by atoms with Gasteiger partial charge in [-0.2, -0.15) is 4.57 Å². The Bertz CT molecular complexity index is 525. The van der Waals surface area contributed by atoms with Gasteiger partial charge in [0.15, 0.2) is 5.69 Å². The maximum absolute atomic E-state index is 12.0. The number of halogens is 1. The number of hydrogen-bond acceptors (Lipinski definition) is 3. The van der Waals surface area contributed by atoms with E-state index in [0.29, 0.717) is 6.54 Å². The summed E-state index contributed by atoms with van der Waals surface area (Å²) in [5.41, 5.74) is 3.56. The van der Waals surface area contributed by atoms with Gasteiger partial charge in [-0.3, -0.25) is 4.79 Å². The molecule has 2 aromatic rings. The van der Waals surface area contributed by atoms with Gasteiger partial charge in [-0.05, 0) is 0 Å². The molecule has 1 aromatic heterocycles. The van der Waals surface area contributed by atoms with E-state index in [9.17, 15) is 4.79 Å². The minimum atomic E-state index is 0. The van der Waals surface area contributed by atoms with Crippen molar-refractivity contribution in [2.24, 2.45) is 0 Å². The third kappa shape index (κ3) is 3.16. The second-order valence-corrected chi connectivity index (χ2v) is 4.75. The number of benzene rings is 1. The van der Waals surface area contributed by atoms with Crippen molar-refractivity contribution in [1.29, 1.82) is 0 Å². The van der Waals surface area contributed by atoms with Gasteiger partial charge in [0.25, 0.3) is 0 Å². The Kier molecular flexibility index (Phi) is 5.47. The Morgan fingerprint density at radius 1 is 1.33 bits per heavy atom. The van der Waals surface area contributed by atoms with Crippen LogP contribution in [0.15, 0.2) is 35.8 Å². The molecular formula is C13H14ClNO2S. The Balaban J connectivity index is 0.00000162. The largest absolute Gasteiger partial charge is 1.00 e. The number of thiazole rings is 1. The highest BCUT2D eigenvalue weighted by atomic mass is 35.5. The molecule has 0 unspecified atom stereocenters. The van der Waals surface area contributed by atoms with Crippen LogP contribution in [0.1, 0.15) is 20.9 Å². The lowest BCUT2D eigenvalue weighted by molar-refractivity contribution is -0.684. The standard InChI is InChI=1S/C13H14NO2S.ClH/c1-10-13(8-15)17-9-14(10)7-12(16)11-5-3-2-4-6-11;/h2-6,9,15H,7-8H2,1H3;1H/q+1;/p-1. The number of aliphatic hydroxyl groups is 1. The highest BCUT2D eigenvalue weighted by Gasteiger charge is 2.18. The quantitative estimate of drug-likeness (QED) is 0.561. The highest BCUT2D eigenvalue weighted by molar-refractivity contribution is 7.09. The van der Waals surface area contributed by atoms with Gasteiger partial charge in [-0.15, -0.1) is 0 Å². The molecule has 0 atom stereocenters. The van der Waals surface area contributed by atoms with Crippen LogP contribution in [0.25, 0.3) is 0 Å². The molecule has 0 radical (unpaired) electrons. The Labute approximate surface area is 116 Å². The minimum absolute atomic E-state index is 0. The minimum Gasteiger partial charge on any atom is -1.00 e. The second-order valence-electron chi connectivity index (χ2n) is 3.81. The maximum atomic E-state index is 12.0. The van der Waals surface area contributed by atoms with Crippen molar-refractivity contribution in [2.75, 3.05) is 0 Å². The smallest absolute Gasteiger partial charge is 0.227 e. The summed E-state index contributed by atoms with van der Waals surface area (Å²) in [4.78, 5) is 12.9. The molecule has 0 aliphatic heterocycles. The molecule has 0 aliphatic rings. The number of ketones is 1. The predicted octanol–water partition coefficient (Wildman–Crippen LogP) is -1.28. The second kappa shape index (κ2) is 6.64. The van der Waals surface area contributed by atoms with Crippen LogP contribution in [0.4, 0.5) is 0 Å². The first-order chi connectivity index (χ1) is 8.22. The number of aliphatic hydroxyl groups excluding tert-OH is 1. The van der Waals surface area contributed by atoms with E-state index >= 15 is 0 Å². The van der Waals surface area contributed by atoms with Gasteiger partial charge in [0.05, 0.1) is 6.61 Å². The van der Waals surface area contributed by atoms with E-state index in [4.69, 9.17) is 5.11 Å². The molecule has 0 aliphatic carbocycles. The van der Waals surface area contributed by atoms with Crippen LogP contribution in [0.3, 0.4) is 0 Å². The average Bonchev–Trinajstić information content (AvgIpc) is 2.71. The van der Waals surface area contributed by atoms with Crippen molar-refractivity contribution >= 4 is 17.1 Å². The number of aromatic nitrogens is 1. The van der Waals surface area contributed by atoms with Gasteiger partial charge >= 0.3 is 0 Å². The van der Waals surface area contributed by atoms with Crippen LogP contribution < -0.4 is 17.0 Å². The normalized spacial score (nSPS) is 9.89. The van der Waals surface area contributed by atoms with Gasteiger partial charge in [0.1, 0.15) is 4.88 Å². The summed E-state index contributed by atoms with van der Waals surface area (Å²) in [7, 11) is 0. The van der Waals surface area contributed by atoms with Crippen LogP contribution in [0.2, 0.25) is 0 Å². The first-order valence-electron chi connectivity index (χ1n) is 5.38. The molecular weight excluding hydrogens is 270 g/mol. The van der Waals surface area contributed by atoms with Crippen molar-refractivity contribution in [1.82, 2.24) is 0 Å². The lowest BCUT2D eigenvalue weighted by Crippen LogP contribution is -3.00. The molecule has 0 fully saturated rings. The third-order valence-electron chi connectivity index (χ3n) is 2.71. The fraction of sp³-hybridized carbons (Fsp3) is 0.231.